The van der Waals surface area contributed by atoms with Gasteiger partial charge in [-0.1, -0.05) is 0 Å². The molecule has 0 radical (unpaired) electrons. The second kappa shape index (κ2) is 6.27. The fraction of sp³-hybridized carbons (Fsp3) is 0.450. The number of rotatable bonds is 3. The Morgan fingerprint density at radius 3 is 2.00 bits per heavy atom. The van der Waals surface area contributed by atoms with Crippen molar-refractivity contribution in [2.75, 3.05) is 5.32 Å². The molecule has 0 bridgehead atoms. The first-order chi connectivity index (χ1) is 12.1. The molecule has 0 atom stereocenters. The predicted octanol–water partition coefficient (Wildman–Crippen LogP) is 3.13. The molecule has 6 heteroatoms. The maximum Gasteiger partial charge on any atom is 0.280 e. The number of fused-ring (bicyclic) bond motifs is 1. The number of nitrogens with zero attached hydrogens (tertiary/aromatic N) is 4. The summed E-state index contributed by atoms with van der Waals surface area (Å²) < 4.78 is 3.16. The van der Waals surface area contributed by atoms with E-state index in [4.69, 9.17) is 0 Å². The lowest BCUT2D eigenvalue weighted by Crippen LogP contribution is -2.24. The van der Waals surface area contributed by atoms with Gasteiger partial charge in [-0.25, -0.2) is 4.98 Å². The van der Waals surface area contributed by atoms with Crippen molar-refractivity contribution in [3.8, 4) is 0 Å². The number of nitrogens with one attached hydrogen (secondary N) is 1. The van der Waals surface area contributed by atoms with E-state index < -0.39 is 0 Å². The fourth-order valence-corrected chi connectivity index (χ4v) is 3.62. The van der Waals surface area contributed by atoms with Crippen LogP contribution in [-0.2, 0) is 20.6 Å². The SMILES string of the molecule is Cc1c(C)c(C)c(CNc2nc3c(C)nn(C)c3c(=O)n2C)c(C)c1C. The fourth-order valence-electron chi connectivity index (χ4n) is 3.62. The molecule has 3 rings (SSSR count). The zero-order valence-electron chi connectivity index (χ0n) is 16.9. The largest absolute Gasteiger partial charge is 0.351 e. The molecule has 6 nitrogen and oxygen atoms in total. The van der Waals surface area contributed by atoms with Gasteiger partial charge in [-0.2, -0.15) is 5.10 Å². The Morgan fingerprint density at radius 1 is 0.885 bits per heavy atom. The zero-order chi connectivity index (χ0) is 19.3. The highest BCUT2D eigenvalue weighted by Crippen LogP contribution is 2.26. The molecule has 0 unspecified atom stereocenters. The Balaban J connectivity index is 2.06. The Kier molecular flexibility index (Phi) is 4.38. The Morgan fingerprint density at radius 2 is 1.42 bits per heavy atom. The lowest BCUT2D eigenvalue weighted by Gasteiger charge is -2.19. The molecule has 0 amide bonds. The van der Waals surface area contributed by atoms with Crippen LogP contribution >= 0.6 is 0 Å². The second-order valence-corrected chi connectivity index (χ2v) is 7.16. The number of benzene rings is 1. The number of hydrogen-bond acceptors (Lipinski definition) is 4. The third-order valence-electron chi connectivity index (χ3n) is 5.81. The van der Waals surface area contributed by atoms with Crippen molar-refractivity contribution in [3.05, 3.63) is 49.4 Å². The summed E-state index contributed by atoms with van der Waals surface area (Å²) in [4.78, 5) is 17.4. The van der Waals surface area contributed by atoms with Gasteiger partial charge in [0.15, 0.2) is 5.52 Å². The Bertz CT molecular complexity index is 1060. The van der Waals surface area contributed by atoms with E-state index in [-0.39, 0.29) is 5.56 Å². The average Bonchev–Trinajstić information content (AvgIpc) is 2.89. The summed E-state index contributed by atoms with van der Waals surface area (Å²) in [6.45, 7) is 13.3. The molecule has 2 heterocycles. The molecular weight excluding hydrogens is 326 g/mol. The number of aryl methyl sites for hydroxylation is 2. The van der Waals surface area contributed by atoms with Gasteiger partial charge in [0, 0.05) is 20.6 Å². The molecule has 3 aromatic rings. The van der Waals surface area contributed by atoms with Crippen molar-refractivity contribution in [1.82, 2.24) is 19.3 Å². The van der Waals surface area contributed by atoms with Crippen LogP contribution in [0.1, 0.15) is 39.1 Å². The molecule has 0 aliphatic rings. The first-order valence-electron chi connectivity index (χ1n) is 8.85. The lowest BCUT2D eigenvalue weighted by molar-refractivity contribution is 0.765. The molecule has 0 fully saturated rings. The minimum Gasteiger partial charge on any atom is -0.351 e. The van der Waals surface area contributed by atoms with Gasteiger partial charge in [0.1, 0.15) is 5.52 Å². The van der Waals surface area contributed by atoms with E-state index in [1.54, 1.807) is 23.3 Å². The first kappa shape index (κ1) is 18.2. The molecule has 138 valence electrons. The number of anilines is 1. The van der Waals surface area contributed by atoms with Crippen molar-refractivity contribution in [2.45, 2.75) is 48.1 Å². The van der Waals surface area contributed by atoms with Crippen molar-refractivity contribution in [2.24, 2.45) is 14.1 Å². The highest BCUT2D eigenvalue weighted by Gasteiger charge is 2.16. The van der Waals surface area contributed by atoms with Crippen LogP contribution < -0.4 is 10.9 Å². The van der Waals surface area contributed by atoms with Gasteiger partial charge < -0.3 is 5.32 Å². The summed E-state index contributed by atoms with van der Waals surface area (Å²) in [6.07, 6.45) is 0. The highest BCUT2D eigenvalue weighted by molar-refractivity contribution is 5.77. The van der Waals surface area contributed by atoms with Gasteiger partial charge in [-0.05, 0) is 74.9 Å². The molecule has 2 aromatic heterocycles. The monoisotopic (exact) mass is 353 g/mol. The highest BCUT2D eigenvalue weighted by atomic mass is 16.1. The summed E-state index contributed by atoms with van der Waals surface area (Å²) in [6, 6.07) is 0. The van der Waals surface area contributed by atoms with Crippen LogP contribution in [0.4, 0.5) is 5.95 Å². The molecular formula is C20H27N5O. The molecule has 0 saturated carbocycles. The molecule has 1 N–H and O–H groups in total. The minimum atomic E-state index is -0.0923. The number of hydrogen-bond donors (Lipinski definition) is 1. The van der Waals surface area contributed by atoms with Crippen LogP contribution in [0.3, 0.4) is 0 Å². The average molecular weight is 353 g/mol. The van der Waals surface area contributed by atoms with E-state index in [0.29, 0.717) is 23.5 Å². The van der Waals surface area contributed by atoms with Crippen LogP contribution in [0.25, 0.3) is 11.0 Å². The maximum atomic E-state index is 12.7. The molecule has 0 aliphatic carbocycles. The Hall–Kier alpha value is -2.63. The quantitative estimate of drug-likeness (QED) is 0.786. The molecule has 0 aliphatic heterocycles. The standard InChI is InChI=1S/C20H27N5O/c1-10-11(2)13(4)16(14(5)12(10)3)9-21-20-22-17-15(6)23-25(8)18(17)19(26)24(20)7/h9H2,1-8H3,(H,21,22). The first-order valence-corrected chi connectivity index (χ1v) is 8.85. The van der Waals surface area contributed by atoms with E-state index in [0.717, 1.165) is 5.69 Å². The van der Waals surface area contributed by atoms with Gasteiger partial charge in [0.2, 0.25) is 5.95 Å². The van der Waals surface area contributed by atoms with Crippen molar-refractivity contribution in [3.63, 3.8) is 0 Å². The van der Waals surface area contributed by atoms with Gasteiger partial charge in [-0.15, -0.1) is 0 Å². The summed E-state index contributed by atoms with van der Waals surface area (Å²) in [7, 11) is 3.51. The minimum absolute atomic E-state index is 0.0923. The second-order valence-electron chi connectivity index (χ2n) is 7.16. The van der Waals surface area contributed by atoms with E-state index in [9.17, 15) is 4.79 Å². The molecule has 0 saturated heterocycles. The van der Waals surface area contributed by atoms with Crippen molar-refractivity contribution in [1.29, 1.82) is 0 Å². The number of aromatic nitrogens is 4. The smallest absolute Gasteiger partial charge is 0.280 e. The normalized spacial score (nSPS) is 11.4. The summed E-state index contributed by atoms with van der Waals surface area (Å²) in [5.41, 5.74) is 9.71. The van der Waals surface area contributed by atoms with E-state index in [2.05, 4.69) is 50.0 Å². The third kappa shape index (κ3) is 2.60. The van der Waals surface area contributed by atoms with Gasteiger partial charge in [0.05, 0.1) is 5.69 Å². The maximum absolute atomic E-state index is 12.7. The van der Waals surface area contributed by atoms with Gasteiger partial charge >= 0.3 is 0 Å². The van der Waals surface area contributed by atoms with Gasteiger partial charge in [0.25, 0.3) is 5.56 Å². The Labute approximate surface area is 153 Å². The van der Waals surface area contributed by atoms with Crippen molar-refractivity contribution >= 4 is 17.0 Å². The zero-order valence-corrected chi connectivity index (χ0v) is 16.9. The molecule has 0 spiro atoms. The summed E-state index contributed by atoms with van der Waals surface area (Å²) in [5, 5.41) is 7.69. The summed E-state index contributed by atoms with van der Waals surface area (Å²) in [5.74, 6) is 0.563. The van der Waals surface area contributed by atoms with Gasteiger partial charge in [-0.3, -0.25) is 14.0 Å². The van der Waals surface area contributed by atoms with E-state index >= 15 is 0 Å². The van der Waals surface area contributed by atoms with E-state index in [1.807, 2.05) is 6.92 Å². The predicted molar refractivity (Wildman–Crippen MR) is 106 cm³/mol. The molecule has 1 aromatic carbocycles. The van der Waals surface area contributed by atoms with E-state index in [1.165, 1.54) is 33.4 Å². The third-order valence-corrected chi connectivity index (χ3v) is 5.81. The summed E-state index contributed by atoms with van der Waals surface area (Å²) >= 11 is 0. The van der Waals surface area contributed by atoms with Crippen LogP contribution in [0, 0.1) is 41.5 Å². The van der Waals surface area contributed by atoms with Crippen molar-refractivity contribution < 1.29 is 0 Å². The van der Waals surface area contributed by atoms with Crippen LogP contribution in [0.5, 0.6) is 0 Å². The van der Waals surface area contributed by atoms with Crippen LogP contribution in [0.15, 0.2) is 4.79 Å². The molecule has 26 heavy (non-hydrogen) atoms. The lowest BCUT2D eigenvalue weighted by atomic mass is 9.89. The topological polar surface area (TPSA) is 64.7 Å². The van der Waals surface area contributed by atoms with Crippen LogP contribution in [0.2, 0.25) is 0 Å². The van der Waals surface area contributed by atoms with Crippen LogP contribution in [-0.4, -0.2) is 19.3 Å².